The molecule has 0 atom stereocenters. The Labute approximate surface area is 137 Å². The van der Waals surface area contributed by atoms with E-state index in [0.29, 0.717) is 18.4 Å². The first-order valence-electron chi connectivity index (χ1n) is 7.69. The summed E-state index contributed by atoms with van der Waals surface area (Å²) >= 11 is 0. The van der Waals surface area contributed by atoms with E-state index in [4.69, 9.17) is 0 Å². The molecule has 24 heavy (non-hydrogen) atoms. The first kappa shape index (κ1) is 16.3. The molecule has 0 radical (unpaired) electrons. The van der Waals surface area contributed by atoms with Crippen LogP contribution in [0.5, 0.6) is 0 Å². The fourth-order valence-electron chi connectivity index (χ4n) is 2.77. The number of fused-ring (bicyclic) bond motifs is 1. The molecule has 2 nitrogen and oxygen atoms in total. The van der Waals surface area contributed by atoms with Gasteiger partial charge in [-0.15, -0.1) is 0 Å². The predicted molar refractivity (Wildman–Crippen MR) is 88.0 cm³/mol. The number of halogens is 3. The monoisotopic (exact) mass is 331 g/mol. The molecule has 1 heterocycles. The normalized spacial score (nSPS) is 11.8. The van der Waals surface area contributed by atoms with E-state index in [1.165, 1.54) is 12.1 Å². The summed E-state index contributed by atoms with van der Waals surface area (Å²) in [7, 11) is 0. The molecule has 0 aliphatic rings. The van der Waals surface area contributed by atoms with E-state index in [1.54, 1.807) is 18.3 Å². The second-order valence-electron chi connectivity index (χ2n) is 5.69. The van der Waals surface area contributed by atoms with Crippen LogP contribution in [0.2, 0.25) is 0 Å². The van der Waals surface area contributed by atoms with E-state index in [-0.39, 0.29) is 5.43 Å². The quantitative estimate of drug-likeness (QED) is 0.682. The van der Waals surface area contributed by atoms with Crippen LogP contribution in [-0.4, -0.2) is 4.57 Å². The largest absolute Gasteiger partial charge is 0.416 e. The highest BCUT2D eigenvalue weighted by Gasteiger charge is 2.29. The molecule has 0 fully saturated rings. The molecule has 2 aromatic carbocycles. The summed E-state index contributed by atoms with van der Waals surface area (Å²) in [5.41, 5.74) is 1.10. The highest BCUT2D eigenvalue weighted by atomic mass is 19.4. The second-order valence-corrected chi connectivity index (χ2v) is 5.69. The maximum absolute atomic E-state index is 12.5. The third-order valence-corrected chi connectivity index (χ3v) is 4.03. The Hall–Kier alpha value is -2.56. The van der Waals surface area contributed by atoms with Gasteiger partial charge in [0.15, 0.2) is 5.43 Å². The Kier molecular flexibility index (Phi) is 4.42. The first-order chi connectivity index (χ1) is 11.4. The summed E-state index contributed by atoms with van der Waals surface area (Å²) in [6.45, 7) is 0.696. The molecule has 0 unspecified atom stereocenters. The number of aromatic nitrogens is 1. The lowest BCUT2D eigenvalue weighted by Crippen LogP contribution is -2.08. The average molecular weight is 331 g/mol. The minimum Gasteiger partial charge on any atom is -0.347 e. The van der Waals surface area contributed by atoms with Crippen LogP contribution in [0.25, 0.3) is 10.9 Å². The highest BCUT2D eigenvalue weighted by molar-refractivity contribution is 5.78. The van der Waals surface area contributed by atoms with Crippen LogP contribution < -0.4 is 5.43 Å². The van der Waals surface area contributed by atoms with Crippen molar-refractivity contribution in [3.8, 4) is 0 Å². The van der Waals surface area contributed by atoms with Gasteiger partial charge in [0.1, 0.15) is 0 Å². The maximum Gasteiger partial charge on any atom is 0.416 e. The molecule has 0 bridgehead atoms. The summed E-state index contributed by atoms with van der Waals surface area (Å²) in [5.74, 6) is 0. The van der Waals surface area contributed by atoms with Crippen molar-refractivity contribution in [1.82, 2.24) is 4.57 Å². The van der Waals surface area contributed by atoms with Crippen molar-refractivity contribution in [2.24, 2.45) is 0 Å². The molecule has 0 amide bonds. The average Bonchev–Trinajstić information content (AvgIpc) is 2.57. The molecule has 1 aromatic heterocycles. The van der Waals surface area contributed by atoms with Gasteiger partial charge in [-0.1, -0.05) is 24.3 Å². The SMILES string of the molecule is O=c1ccn(CCCc2ccc(C(F)(F)F)cc2)c2ccccc12. The number of hydrogen-bond acceptors (Lipinski definition) is 1. The zero-order valence-corrected chi connectivity index (χ0v) is 12.9. The van der Waals surface area contributed by atoms with Gasteiger partial charge in [-0.25, -0.2) is 0 Å². The first-order valence-corrected chi connectivity index (χ1v) is 7.69. The van der Waals surface area contributed by atoms with E-state index in [2.05, 4.69) is 0 Å². The summed E-state index contributed by atoms with van der Waals surface area (Å²) in [5, 5.41) is 0.675. The van der Waals surface area contributed by atoms with Crippen LogP contribution in [0.4, 0.5) is 13.2 Å². The van der Waals surface area contributed by atoms with E-state index in [0.717, 1.165) is 29.6 Å². The van der Waals surface area contributed by atoms with Gasteiger partial charge in [0.05, 0.1) is 11.1 Å². The van der Waals surface area contributed by atoms with Crippen LogP contribution in [0.1, 0.15) is 17.5 Å². The van der Waals surface area contributed by atoms with Crippen LogP contribution in [0, 0.1) is 0 Å². The van der Waals surface area contributed by atoms with Gasteiger partial charge in [-0.05, 0) is 42.7 Å². The van der Waals surface area contributed by atoms with Gasteiger partial charge in [0.2, 0.25) is 0 Å². The van der Waals surface area contributed by atoms with Gasteiger partial charge < -0.3 is 4.57 Å². The molecule has 0 aliphatic heterocycles. The van der Waals surface area contributed by atoms with Crippen LogP contribution >= 0.6 is 0 Å². The number of alkyl halides is 3. The number of benzene rings is 2. The molecule has 0 N–H and O–H groups in total. The third-order valence-electron chi connectivity index (χ3n) is 4.03. The lowest BCUT2D eigenvalue weighted by molar-refractivity contribution is -0.137. The molecule has 5 heteroatoms. The highest BCUT2D eigenvalue weighted by Crippen LogP contribution is 2.29. The molecule has 3 rings (SSSR count). The number of hydrogen-bond donors (Lipinski definition) is 0. The van der Waals surface area contributed by atoms with E-state index in [9.17, 15) is 18.0 Å². The zero-order chi connectivity index (χ0) is 17.2. The Bertz CT molecular complexity index is 895. The number of para-hydroxylation sites is 1. The molecule has 3 aromatic rings. The lowest BCUT2D eigenvalue weighted by Gasteiger charge is -2.11. The second kappa shape index (κ2) is 6.51. The van der Waals surface area contributed by atoms with Crippen LogP contribution in [-0.2, 0) is 19.1 Å². The van der Waals surface area contributed by atoms with Gasteiger partial charge in [-0.3, -0.25) is 4.79 Å². The van der Waals surface area contributed by atoms with Gasteiger partial charge in [-0.2, -0.15) is 13.2 Å². The summed E-state index contributed by atoms with van der Waals surface area (Å²) in [6.07, 6.45) is -1.08. The van der Waals surface area contributed by atoms with Crippen molar-refractivity contribution in [1.29, 1.82) is 0 Å². The van der Waals surface area contributed by atoms with Crippen molar-refractivity contribution in [3.63, 3.8) is 0 Å². The summed E-state index contributed by atoms with van der Waals surface area (Å²) < 4.78 is 39.6. The molecule has 0 saturated heterocycles. The van der Waals surface area contributed by atoms with E-state index >= 15 is 0 Å². The van der Waals surface area contributed by atoms with Crippen molar-refractivity contribution in [3.05, 3.63) is 82.1 Å². The molecule has 0 saturated carbocycles. The number of rotatable bonds is 4. The number of aryl methyl sites for hydroxylation is 2. The van der Waals surface area contributed by atoms with Crippen LogP contribution in [0.15, 0.2) is 65.6 Å². The van der Waals surface area contributed by atoms with Gasteiger partial charge >= 0.3 is 6.18 Å². The fourth-order valence-corrected chi connectivity index (χ4v) is 2.77. The minimum atomic E-state index is -4.30. The van der Waals surface area contributed by atoms with Crippen LogP contribution in [0.3, 0.4) is 0 Å². The minimum absolute atomic E-state index is 0.00964. The Morgan fingerprint density at radius 3 is 2.33 bits per heavy atom. The maximum atomic E-state index is 12.5. The zero-order valence-electron chi connectivity index (χ0n) is 12.9. The Morgan fingerprint density at radius 1 is 0.917 bits per heavy atom. The standard InChI is InChI=1S/C19H16F3NO/c20-19(21,22)15-9-7-14(8-10-15)4-3-12-23-13-11-18(24)16-5-1-2-6-17(16)23/h1-2,5-11,13H,3-4,12H2. The Balaban J connectivity index is 1.69. The number of pyridine rings is 1. The van der Waals surface area contributed by atoms with E-state index < -0.39 is 11.7 Å². The van der Waals surface area contributed by atoms with Crippen molar-refractivity contribution >= 4 is 10.9 Å². The third kappa shape index (κ3) is 3.50. The van der Waals surface area contributed by atoms with Gasteiger partial charge in [0, 0.05) is 24.2 Å². The van der Waals surface area contributed by atoms with Crippen molar-refractivity contribution in [2.75, 3.05) is 0 Å². The molecular formula is C19H16F3NO. The Morgan fingerprint density at radius 2 is 1.62 bits per heavy atom. The summed E-state index contributed by atoms with van der Waals surface area (Å²) in [4.78, 5) is 11.8. The topological polar surface area (TPSA) is 22.0 Å². The van der Waals surface area contributed by atoms with Gasteiger partial charge in [0.25, 0.3) is 0 Å². The lowest BCUT2D eigenvalue weighted by atomic mass is 10.1. The number of nitrogens with zero attached hydrogens (tertiary/aromatic N) is 1. The van der Waals surface area contributed by atoms with E-state index in [1.807, 2.05) is 22.8 Å². The molecular weight excluding hydrogens is 315 g/mol. The van der Waals surface area contributed by atoms with Crippen molar-refractivity contribution in [2.45, 2.75) is 25.6 Å². The molecule has 0 spiro atoms. The summed E-state index contributed by atoms with van der Waals surface area (Å²) in [6, 6.07) is 14.2. The smallest absolute Gasteiger partial charge is 0.347 e. The molecule has 124 valence electrons. The fraction of sp³-hybridized carbons (Fsp3) is 0.211. The van der Waals surface area contributed by atoms with Crippen molar-refractivity contribution < 1.29 is 13.2 Å². The predicted octanol–water partition coefficient (Wildman–Crippen LogP) is 4.65. The molecule has 0 aliphatic carbocycles.